The van der Waals surface area contributed by atoms with E-state index in [-0.39, 0.29) is 12.5 Å². The van der Waals surface area contributed by atoms with E-state index in [9.17, 15) is 4.79 Å². The van der Waals surface area contributed by atoms with E-state index in [0.29, 0.717) is 17.9 Å². The molecule has 0 radical (unpaired) electrons. The fraction of sp³-hybridized carbons (Fsp3) is 0.154. The van der Waals surface area contributed by atoms with E-state index >= 15 is 0 Å². The standard InChI is InChI=1S/C13H11BrN4O2/c14-10-1-2-11-8(4-10)3-9(6-20-11)13(19)15-5-12-16-7-17-18-12/h1-4,7H,5-6H2,(H,15,19)(H,16,17,18). The van der Waals surface area contributed by atoms with Crippen LogP contribution in [0.4, 0.5) is 0 Å². The molecule has 0 fully saturated rings. The zero-order valence-corrected chi connectivity index (χ0v) is 12.0. The Hall–Kier alpha value is -2.15. The quantitative estimate of drug-likeness (QED) is 0.894. The van der Waals surface area contributed by atoms with Crippen LogP contribution in [0.5, 0.6) is 5.75 Å². The third-order valence-corrected chi connectivity index (χ3v) is 3.35. The predicted molar refractivity (Wildman–Crippen MR) is 75.8 cm³/mol. The average Bonchev–Trinajstić information content (AvgIpc) is 2.97. The monoisotopic (exact) mass is 334 g/mol. The van der Waals surface area contributed by atoms with Gasteiger partial charge in [-0.25, -0.2) is 4.98 Å². The fourth-order valence-electron chi connectivity index (χ4n) is 1.87. The van der Waals surface area contributed by atoms with Gasteiger partial charge in [-0.05, 0) is 24.3 Å². The van der Waals surface area contributed by atoms with Crippen molar-refractivity contribution in [1.29, 1.82) is 0 Å². The summed E-state index contributed by atoms with van der Waals surface area (Å²) < 4.78 is 6.51. The number of hydrogen-bond donors (Lipinski definition) is 2. The lowest BCUT2D eigenvalue weighted by atomic mass is 10.1. The van der Waals surface area contributed by atoms with E-state index in [2.05, 4.69) is 36.4 Å². The third-order valence-electron chi connectivity index (χ3n) is 2.86. The number of aromatic amines is 1. The van der Waals surface area contributed by atoms with E-state index in [4.69, 9.17) is 4.74 Å². The summed E-state index contributed by atoms with van der Waals surface area (Å²) in [6, 6.07) is 5.69. The summed E-state index contributed by atoms with van der Waals surface area (Å²) in [6.45, 7) is 0.568. The smallest absolute Gasteiger partial charge is 0.251 e. The number of rotatable bonds is 3. The van der Waals surface area contributed by atoms with Crippen LogP contribution in [0.25, 0.3) is 6.08 Å². The molecule has 2 heterocycles. The Morgan fingerprint density at radius 2 is 2.40 bits per heavy atom. The Labute approximate surface area is 123 Å². The van der Waals surface area contributed by atoms with Gasteiger partial charge in [0.15, 0.2) is 0 Å². The molecular weight excluding hydrogens is 324 g/mol. The minimum atomic E-state index is -0.174. The van der Waals surface area contributed by atoms with Crippen LogP contribution >= 0.6 is 15.9 Å². The number of aromatic nitrogens is 3. The van der Waals surface area contributed by atoms with Gasteiger partial charge >= 0.3 is 0 Å². The van der Waals surface area contributed by atoms with E-state index in [0.717, 1.165) is 15.8 Å². The highest BCUT2D eigenvalue weighted by Crippen LogP contribution is 2.29. The topological polar surface area (TPSA) is 79.9 Å². The fourth-order valence-corrected chi connectivity index (χ4v) is 2.25. The number of benzene rings is 1. The maximum absolute atomic E-state index is 12.1. The summed E-state index contributed by atoms with van der Waals surface area (Å²) in [6.07, 6.45) is 3.23. The van der Waals surface area contributed by atoms with Crippen molar-refractivity contribution in [2.45, 2.75) is 6.54 Å². The first-order chi connectivity index (χ1) is 9.72. The maximum atomic E-state index is 12.1. The number of carbonyl (C=O) groups excluding carboxylic acids is 1. The molecule has 2 aromatic rings. The van der Waals surface area contributed by atoms with Crippen molar-refractivity contribution in [3.63, 3.8) is 0 Å². The molecule has 1 aromatic heterocycles. The van der Waals surface area contributed by atoms with Crippen LogP contribution in [0.2, 0.25) is 0 Å². The molecule has 0 spiro atoms. The Morgan fingerprint density at radius 1 is 1.50 bits per heavy atom. The minimum absolute atomic E-state index is 0.174. The largest absolute Gasteiger partial charge is 0.488 e. The number of halogens is 1. The maximum Gasteiger partial charge on any atom is 0.251 e. The zero-order valence-electron chi connectivity index (χ0n) is 10.4. The number of hydrogen-bond acceptors (Lipinski definition) is 4. The van der Waals surface area contributed by atoms with Crippen LogP contribution in [0.15, 0.2) is 34.6 Å². The van der Waals surface area contributed by atoms with E-state index in [1.807, 2.05) is 24.3 Å². The normalized spacial score (nSPS) is 13.2. The van der Waals surface area contributed by atoms with Crippen molar-refractivity contribution in [2.75, 3.05) is 6.61 Å². The SMILES string of the molecule is O=C(NCc1ncn[nH]1)C1=Cc2cc(Br)ccc2OC1. The number of amides is 1. The number of nitrogens with one attached hydrogen (secondary N) is 2. The molecule has 0 saturated heterocycles. The van der Waals surface area contributed by atoms with Gasteiger partial charge in [0.25, 0.3) is 5.91 Å². The van der Waals surface area contributed by atoms with Crippen molar-refractivity contribution in [2.24, 2.45) is 0 Å². The zero-order chi connectivity index (χ0) is 13.9. The second-order valence-corrected chi connectivity index (χ2v) is 5.17. The Kier molecular flexibility index (Phi) is 3.51. The number of carbonyl (C=O) groups is 1. The molecule has 1 aliphatic rings. The Morgan fingerprint density at radius 3 is 3.20 bits per heavy atom. The van der Waals surface area contributed by atoms with Crippen LogP contribution < -0.4 is 10.1 Å². The Balaban J connectivity index is 1.72. The second kappa shape index (κ2) is 5.46. The highest BCUT2D eigenvalue weighted by Gasteiger charge is 2.17. The lowest BCUT2D eigenvalue weighted by molar-refractivity contribution is -0.118. The van der Waals surface area contributed by atoms with Crippen molar-refractivity contribution in [1.82, 2.24) is 20.5 Å². The number of fused-ring (bicyclic) bond motifs is 1. The van der Waals surface area contributed by atoms with Crippen LogP contribution in [0, 0.1) is 0 Å². The van der Waals surface area contributed by atoms with Gasteiger partial charge in [0.2, 0.25) is 0 Å². The van der Waals surface area contributed by atoms with Gasteiger partial charge in [0.1, 0.15) is 24.5 Å². The lowest BCUT2D eigenvalue weighted by Crippen LogP contribution is -2.28. The molecule has 0 bridgehead atoms. The molecule has 3 rings (SSSR count). The number of nitrogens with zero attached hydrogens (tertiary/aromatic N) is 2. The van der Waals surface area contributed by atoms with Gasteiger partial charge in [0.05, 0.1) is 12.1 Å². The molecule has 1 amide bonds. The molecule has 7 heteroatoms. The second-order valence-electron chi connectivity index (χ2n) is 4.26. The third kappa shape index (κ3) is 2.72. The average molecular weight is 335 g/mol. The van der Waals surface area contributed by atoms with Crippen LogP contribution in [0.3, 0.4) is 0 Å². The summed E-state index contributed by atoms with van der Waals surface area (Å²) in [5.74, 6) is 1.21. The van der Waals surface area contributed by atoms with Gasteiger partial charge in [-0.15, -0.1) is 0 Å². The first kappa shape index (κ1) is 12.9. The van der Waals surface area contributed by atoms with Crippen LogP contribution in [-0.4, -0.2) is 27.7 Å². The summed E-state index contributed by atoms with van der Waals surface area (Å²) in [4.78, 5) is 16.0. The first-order valence-electron chi connectivity index (χ1n) is 5.98. The van der Waals surface area contributed by atoms with Crippen molar-refractivity contribution >= 4 is 27.9 Å². The number of ether oxygens (including phenoxy) is 1. The molecule has 1 aromatic carbocycles. The first-order valence-corrected chi connectivity index (χ1v) is 6.77. The van der Waals surface area contributed by atoms with Crippen LogP contribution in [0.1, 0.15) is 11.4 Å². The molecule has 6 nitrogen and oxygen atoms in total. The molecular formula is C13H11BrN4O2. The molecule has 0 saturated carbocycles. The van der Waals surface area contributed by atoms with E-state index in [1.54, 1.807) is 0 Å². The number of H-pyrrole nitrogens is 1. The lowest BCUT2D eigenvalue weighted by Gasteiger charge is -2.17. The molecule has 1 aliphatic heterocycles. The van der Waals surface area contributed by atoms with Gasteiger partial charge < -0.3 is 10.1 Å². The molecule has 0 aliphatic carbocycles. The highest BCUT2D eigenvalue weighted by atomic mass is 79.9. The van der Waals surface area contributed by atoms with Gasteiger partial charge in [-0.2, -0.15) is 5.10 Å². The molecule has 2 N–H and O–H groups in total. The van der Waals surface area contributed by atoms with Gasteiger partial charge in [0, 0.05) is 10.0 Å². The summed E-state index contributed by atoms with van der Waals surface area (Å²) in [7, 11) is 0. The van der Waals surface area contributed by atoms with Crippen molar-refractivity contribution in [3.8, 4) is 5.75 Å². The summed E-state index contributed by atoms with van der Waals surface area (Å²) in [5, 5.41) is 9.17. The summed E-state index contributed by atoms with van der Waals surface area (Å²) >= 11 is 3.40. The van der Waals surface area contributed by atoms with E-state index < -0.39 is 0 Å². The molecule has 20 heavy (non-hydrogen) atoms. The Bertz CT molecular complexity index is 667. The predicted octanol–water partition coefficient (Wildman–Crippen LogP) is 1.66. The minimum Gasteiger partial charge on any atom is -0.488 e. The molecule has 0 unspecified atom stereocenters. The van der Waals surface area contributed by atoms with Crippen molar-refractivity contribution in [3.05, 3.63) is 46.0 Å². The molecule has 102 valence electrons. The van der Waals surface area contributed by atoms with Gasteiger partial charge in [-0.3, -0.25) is 9.89 Å². The van der Waals surface area contributed by atoms with Crippen molar-refractivity contribution < 1.29 is 9.53 Å². The van der Waals surface area contributed by atoms with Crippen LogP contribution in [-0.2, 0) is 11.3 Å². The van der Waals surface area contributed by atoms with E-state index in [1.165, 1.54) is 6.33 Å². The van der Waals surface area contributed by atoms with Gasteiger partial charge in [-0.1, -0.05) is 15.9 Å². The molecule has 0 atom stereocenters. The summed E-state index contributed by atoms with van der Waals surface area (Å²) in [5.41, 5.74) is 1.46. The highest BCUT2D eigenvalue weighted by molar-refractivity contribution is 9.10.